The number of carbonyl (C=O) groups is 1. The highest BCUT2D eigenvalue weighted by molar-refractivity contribution is 6.13. The monoisotopic (exact) mass is 300 g/mol. The summed E-state index contributed by atoms with van der Waals surface area (Å²) in [5, 5.41) is 6.32. The van der Waals surface area contributed by atoms with Gasteiger partial charge in [0, 0.05) is 36.0 Å². The van der Waals surface area contributed by atoms with Crippen LogP contribution in [0, 0.1) is 0 Å². The number of nitrogens with two attached hydrogens (primary N) is 1. The van der Waals surface area contributed by atoms with Crippen molar-refractivity contribution < 1.29 is 4.79 Å². The number of hydrogen-bond donors (Lipinski definition) is 3. The van der Waals surface area contributed by atoms with Crippen LogP contribution in [0.4, 0.5) is 11.4 Å². The maximum absolute atomic E-state index is 11.8. The second-order valence-electron chi connectivity index (χ2n) is 6.58. The second kappa shape index (κ2) is 6.22. The quantitative estimate of drug-likeness (QED) is 0.735. The van der Waals surface area contributed by atoms with E-state index in [4.69, 9.17) is 5.73 Å². The Morgan fingerprint density at radius 1 is 1.41 bits per heavy atom. The predicted molar refractivity (Wildman–Crippen MR) is 93.2 cm³/mol. The Labute approximate surface area is 131 Å². The van der Waals surface area contributed by atoms with E-state index in [-0.39, 0.29) is 17.5 Å². The van der Waals surface area contributed by atoms with Crippen LogP contribution < -0.4 is 16.4 Å². The third-order valence-electron chi connectivity index (χ3n) is 3.30. The Hall–Kier alpha value is -2.30. The van der Waals surface area contributed by atoms with Crippen LogP contribution in [0.25, 0.3) is 5.57 Å². The normalized spacial score (nSPS) is 19.4. The minimum atomic E-state index is -0.172. The molecule has 2 rings (SSSR count). The number of amides is 1. The van der Waals surface area contributed by atoms with Crippen LogP contribution >= 0.6 is 0 Å². The zero-order chi connectivity index (χ0) is 16.3. The average Bonchev–Trinajstić information content (AvgIpc) is 2.55. The van der Waals surface area contributed by atoms with Crippen LogP contribution in [-0.2, 0) is 4.79 Å². The summed E-state index contributed by atoms with van der Waals surface area (Å²) in [5.74, 6) is 0.0116. The van der Waals surface area contributed by atoms with Crippen molar-refractivity contribution >= 4 is 29.1 Å². The Bertz CT molecular complexity index is 626. The van der Waals surface area contributed by atoms with Crippen LogP contribution in [0.5, 0.6) is 0 Å². The predicted octanol–water partition coefficient (Wildman–Crippen LogP) is 3.00. The fourth-order valence-corrected chi connectivity index (χ4v) is 2.29. The van der Waals surface area contributed by atoms with Crippen molar-refractivity contribution in [2.24, 2.45) is 10.7 Å². The molecule has 0 saturated heterocycles. The molecule has 0 unspecified atom stereocenters. The van der Waals surface area contributed by atoms with E-state index in [0.717, 1.165) is 22.5 Å². The molecule has 118 valence electrons. The van der Waals surface area contributed by atoms with Crippen molar-refractivity contribution in [2.75, 3.05) is 10.6 Å². The number of rotatable bonds is 2. The number of fused-ring (bicyclic) bond motifs is 1. The van der Waals surface area contributed by atoms with E-state index < -0.39 is 0 Å². The van der Waals surface area contributed by atoms with E-state index in [1.807, 2.05) is 45.9 Å². The van der Waals surface area contributed by atoms with Gasteiger partial charge < -0.3 is 16.4 Å². The molecule has 22 heavy (non-hydrogen) atoms. The molecule has 5 heteroatoms. The largest absolute Gasteiger partial charge is 0.404 e. The zero-order valence-corrected chi connectivity index (χ0v) is 13.6. The maximum atomic E-state index is 11.8. The summed E-state index contributed by atoms with van der Waals surface area (Å²) in [5.41, 5.74) is 9.04. The number of hydrogen-bond acceptors (Lipinski definition) is 4. The summed E-state index contributed by atoms with van der Waals surface area (Å²) >= 11 is 0. The van der Waals surface area contributed by atoms with E-state index in [1.54, 1.807) is 12.4 Å². The fraction of sp³-hybridized carbons (Fsp3) is 0.412. The summed E-state index contributed by atoms with van der Waals surface area (Å²) in [6.45, 7) is 8.08. The number of nitrogens with zero attached hydrogens (tertiary/aromatic N) is 1. The van der Waals surface area contributed by atoms with Crippen LogP contribution in [0.2, 0.25) is 0 Å². The molecule has 0 aliphatic carbocycles. The summed E-state index contributed by atoms with van der Waals surface area (Å²) < 4.78 is 0. The molecule has 0 aromatic heterocycles. The van der Waals surface area contributed by atoms with Gasteiger partial charge in [-0.25, -0.2) is 0 Å². The van der Waals surface area contributed by atoms with E-state index in [9.17, 15) is 4.79 Å². The number of nitrogens with one attached hydrogen (secondary N) is 2. The molecule has 1 aliphatic heterocycles. The van der Waals surface area contributed by atoms with Crippen molar-refractivity contribution in [2.45, 2.75) is 45.7 Å². The second-order valence-corrected chi connectivity index (χ2v) is 6.58. The number of anilines is 2. The summed E-state index contributed by atoms with van der Waals surface area (Å²) in [6, 6.07) is 5.82. The first-order chi connectivity index (χ1) is 10.3. The average molecular weight is 300 g/mol. The number of aliphatic imine (C=N–C) groups is 1. The van der Waals surface area contributed by atoms with Gasteiger partial charge in [-0.05, 0) is 33.8 Å². The van der Waals surface area contributed by atoms with Gasteiger partial charge in [-0.2, -0.15) is 0 Å². The summed E-state index contributed by atoms with van der Waals surface area (Å²) in [7, 11) is 0. The highest BCUT2D eigenvalue weighted by Crippen LogP contribution is 2.33. The lowest BCUT2D eigenvalue weighted by atomic mass is 10.0. The Morgan fingerprint density at radius 3 is 2.77 bits per heavy atom. The molecule has 1 heterocycles. The first-order valence-electron chi connectivity index (χ1n) is 7.47. The molecule has 1 atom stereocenters. The molecule has 1 aromatic carbocycles. The highest BCUT2D eigenvalue weighted by Gasteiger charge is 2.20. The fourth-order valence-electron chi connectivity index (χ4n) is 2.29. The molecule has 0 saturated carbocycles. The van der Waals surface area contributed by atoms with Gasteiger partial charge in [0.05, 0.1) is 16.9 Å². The minimum Gasteiger partial charge on any atom is -0.404 e. The molecule has 0 fully saturated rings. The van der Waals surface area contributed by atoms with Crippen LogP contribution in [-0.4, -0.2) is 23.7 Å². The van der Waals surface area contributed by atoms with Crippen molar-refractivity contribution in [1.29, 1.82) is 0 Å². The van der Waals surface area contributed by atoms with E-state index in [1.165, 1.54) is 0 Å². The molecule has 1 aliphatic rings. The molecule has 0 radical (unpaired) electrons. The molecular formula is C17H24N4O. The van der Waals surface area contributed by atoms with Crippen molar-refractivity contribution in [3.8, 4) is 0 Å². The van der Waals surface area contributed by atoms with Gasteiger partial charge in [0.15, 0.2) is 0 Å². The first-order valence-corrected chi connectivity index (χ1v) is 7.47. The van der Waals surface area contributed by atoms with E-state index in [2.05, 4.69) is 15.6 Å². The standard InChI is InChI=1S/C17H24N4O/c1-11-8-15(22)21-14-7-5-6-13(16(14)20-11)12(9-18)10-19-17(2,3)4/h5-7,9-11,20H,8,18H2,1-4H3,(H,21,22)/t11-/m1/s1. The Morgan fingerprint density at radius 2 is 2.14 bits per heavy atom. The van der Waals surface area contributed by atoms with Gasteiger partial charge in [-0.1, -0.05) is 12.1 Å². The number of benzene rings is 1. The van der Waals surface area contributed by atoms with Gasteiger partial charge in [0.2, 0.25) is 5.91 Å². The third-order valence-corrected chi connectivity index (χ3v) is 3.30. The molecule has 0 bridgehead atoms. The Balaban J connectivity index is 2.46. The van der Waals surface area contributed by atoms with E-state index >= 15 is 0 Å². The van der Waals surface area contributed by atoms with E-state index in [0.29, 0.717) is 6.42 Å². The van der Waals surface area contributed by atoms with Gasteiger partial charge in [-0.15, -0.1) is 0 Å². The topological polar surface area (TPSA) is 79.5 Å². The SMILES string of the molecule is C[C@@H]1CC(=O)Nc2cccc(C(C=NC(C)(C)C)=CN)c2N1. The highest BCUT2D eigenvalue weighted by atomic mass is 16.1. The molecule has 1 amide bonds. The van der Waals surface area contributed by atoms with Crippen LogP contribution in [0.3, 0.4) is 0 Å². The van der Waals surface area contributed by atoms with Gasteiger partial charge in [0.1, 0.15) is 0 Å². The maximum Gasteiger partial charge on any atom is 0.226 e. The lowest BCUT2D eigenvalue weighted by Crippen LogP contribution is -2.19. The number of allylic oxidation sites excluding steroid dienone is 1. The molecule has 1 aromatic rings. The third kappa shape index (κ3) is 3.87. The van der Waals surface area contributed by atoms with Crippen molar-refractivity contribution in [3.63, 3.8) is 0 Å². The van der Waals surface area contributed by atoms with Crippen LogP contribution in [0.1, 0.15) is 39.7 Å². The smallest absolute Gasteiger partial charge is 0.226 e. The van der Waals surface area contributed by atoms with Crippen molar-refractivity contribution in [1.82, 2.24) is 0 Å². The lowest BCUT2D eigenvalue weighted by molar-refractivity contribution is -0.116. The number of para-hydroxylation sites is 1. The van der Waals surface area contributed by atoms with Gasteiger partial charge >= 0.3 is 0 Å². The number of carbonyl (C=O) groups excluding carboxylic acids is 1. The first kappa shape index (κ1) is 16.1. The molecule has 4 N–H and O–H groups in total. The summed E-state index contributed by atoms with van der Waals surface area (Å²) in [6.07, 6.45) is 3.77. The minimum absolute atomic E-state index is 0.0116. The molecule has 5 nitrogen and oxygen atoms in total. The van der Waals surface area contributed by atoms with Crippen LogP contribution in [0.15, 0.2) is 29.4 Å². The molecule has 0 spiro atoms. The van der Waals surface area contributed by atoms with Gasteiger partial charge in [0.25, 0.3) is 0 Å². The summed E-state index contributed by atoms with van der Waals surface area (Å²) in [4.78, 5) is 16.4. The zero-order valence-electron chi connectivity index (χ0n) is 13.6. The van der Waals surface area contributed by atoms with Crippen molar-refractivity contribution in [3.05, 3.63) is 30.0 Å². The molecular weight excluding hydrogens is 276 g/mol. The Kier molecular flexibility index (Phi) is 4.54. The van der Waals surface area contributed by atoms with Gasteiger partial charge in [-0.3, -0.25) is 9.79 Å². The lowest BCUT2D eigenvalue weighted by Gasteiger charge is -2.17.